The molecule has 92 valence electrons. The van der Waals surface area contributed by atoms with Crippen molar-refractivity contribution in [2.24, 2.45) is 0 Å². The van der Waals surface area contributed by atoms with Crippen LogP contribution in [-0.4, -0.2) is 18.8 Å². The van der Waals surface area contributed by atoms with Crippen molar-refractivity contribution in [3.63, 3.8) is 0 Å². The highest BCUT2D eigenvalue weighted by molar-refractivity contribution is 7.93. The first-order valence-electron chi connectivity index (χ1n) is 5.14. The molecule has 1 unspecified atom stereocenters. The fraction of sp³-hybridized carbons (Fsp3) is 0.364. The topological polar surface area (TPSA) is 90.2 Å². The Bertz CT molecular complexity index is 546. The van der Waals surface area contributed by atoms with Crippen LogP contribution in [0.5, 0.6) is 5.75 Å². The Labute approximate surface area is 101 Å². The second-order valence-corrected chi connectivity index (χ2v) is 5.62. The van der Waals surface area contributed by atoms with Gasteiger partial charge in [0.25, 0.3) is 0 Å². The second kappa shape index (κ2) is 5.06. The standard InChI is InChI=1S/C11H14N2O3S/c1-3-9-4-5-11(14)10(6-9)13-17(15,16)8(2)7-12/h4-6,8,13-14H,3H2,1-2H3. The molecule has 17 heavy (non-hydrogen) atoms. The lowest BCUT2D eigenvalue weighted by Gasteiger charge is -2.11. The summed E-state index contributed by atoms with van der Waals surface area (Å²) in [6.07, 6.45) is 0.725. The van der Waals surface area contributed by atoms with Crippen LogP contribution < -0.4 is 4.72 Å². The Morgan fingerprint density at radius 2 is 2.18 bits per heavy atom. The van der Waals surface area contributed by atoms with E-state index in [4.69, 9.17) is 5.26 Å². The van der Waals surface area contributed by atoms with Crippen LogP contribution in [-0.2, 0) is 16.4 Å². The molecule has 0 amide bonds. The molecular weight excluding hydrogens is 240 g/mol. The van der Waals surface area contributed by atoms with Gasteiger partial charge in [0.2, 0.25) is 10.0 Å². The minimum atomic E-state index is -3.78. The summed E-state index contributed by atoms with van der Waals surface area (Å²) in [4.78, 5) is 0. The van der Waals surface area contributed by atoms with Gasteiger partial charge in [0.15, 0.2) is 5.25 Å². The van der Waals surface area contributed by atoms with Crippen molar-refractivity contribution in [1.82, 2.24) is 0 Å². The molecule has 0 saturated carbocycles. The van der Waals surface area contributed by atoms with E-state index in [1.807, 2.05) is 6.92 Å². The molecule has 0 aliphatic rings. The normalized spacial score (nSPS) is 12.8. The van der Waals surface area contributed by atoms with E-state index in [1.54, 1.807) is 18.2 Å². The highest BCUT2D eigenvalue weighted by atomic mass is 32.2. The summed E-state index contributed by atoms with van der Waals surface area (Å²) in [5, 5.41) is 17.0. The van der Waals surface area contributed by atoms with Crippen molar-refractivity contribution >= 4 is 15.7 Å². The first kappa shape index (κ1) is 13.3. The lowest BCUT2D eigenvalue weighted by molar-refractivity contribution is 0.477. The number of anilines is 1. The van der Waals surface area contributed by atoms with Gasteiger partial charge in [-0.15, -0.1) is 0 Å². The summed E-state index contributed by atoms with van der Waals surface area (Å²) in [5.74, 6) is -0.157. The largest absolute Gasteiger partial charge is 0.506 e. The van der Waals surface area contributed by atoms with E-state index >= 15 is 0 Å². The number of benzene rings is 1. The van der Waals surface area contributed by atoms with E-state index in [2.05, 4.69) is 4.72 Å². The Kier molecular flexibility index (Phi) is 3.97. The SMILES string of the molecule is CCc1ccc(O)c(NS(=O)(=O)C(C)C#N)c1. The molecule has 0 heterocycles. The molecule has 2 N–H and O–H groups in total. The summed E-state index contributed by atoms with van der Waals surface area (Å²) in [5.41, 5.74) is 0.997. The minimum Gasteiger partial charge on any atom is -0.506 e. The number of rotatable bonds is 4. The molecule has 1 atom stereocenters. The molecule has 1 rings (SSSR count). The summed E-state index contributed by atoms with van der Waals surface area (Å²) < 4.78 is 25.5. The van der Waals surface area contributed by atoms with Crippen LogP contribution in [0.1, 0.15) is 19.4 Å². The van der Waals surface area contributed by atoms with Gasteiger partial charge in [-0.25, -0.2) is 8.42 Å². The van der Waals surface area contributed by atoms with E-state index in [-0.39, 0.29) is 11.4 Å². The predicted molar refractivity (Wildman–Crippen MR) is 65.1 cm³/mol. The lowest BCUT2D eigenvalue weighted by Crippen LogP contribution is -2.23. The van der Waals surface area contributed by atoms with Crippen molar-refractivity contribution in [3.8, 4) is 11.8 Å². The van der Waals surface area contributed by atoms with Crippen molar-refractivity contribution in [3.05, 3.63) is 23.8 Å². The third kappa shape index (κ3) is 3.11. The van der Waals surface area contributed by atoms with Crippen molar-refractivity contribution in [1.29, 1.82) is 5.26 Å². The average molecular weight is 254 g/mol. The molecule has 0 fully saturated rings. The van der Waals surface area contributed by atoms with E-state index in [0.29, 0.717) is 0 Å². The molecule has 0 bridgehead atoms. The van der Waals surface area contributed by atoms with Gasteiger partial charge in [0.05, 0.1) is 11.8 Å². The number of hydrogen-bond donors (Lipinski definition) is 2. The molecule has 0 aliphatic carbocycles. The Balaban J connectivity index is 3.08. The predicted octanol–water partition coefficient (Wildman–Crippen LogP) is 1.61. The highest BCUT2D eigenvalue weighted by Gasteiger charge is 2.21. The summed E-state index contributed by atoms with van der Waals surface area (Å²) in [6.45, 7) is 3.20. The van der Waals surface area contributed by atoms with Crippen LogP contribution in [0, 0.1) is 11.3 Å². The number of sulfonamides is 1. The van der Waals surface area contributed by atoms with Crippen molar-refractivity contribution in [2.75, 3.05) is 4.72 Å². The van der Waals surface area contributed by atoms with Gasteiger partial charge in [-0.1, -0.05) is 13.0 Å². The molecule has 0 spiro atoms. The first-order valence-corrected chi connectivity index (χ1v) is 6.68. The number of nitriles is 1. The fourth-order valence-corrected chi connectivity index (χ4v) is 1.98. The Hall–Kier alpha value is -1.74. The second-order valence-electron chi connectivity index (χ2n) is 3.62. The van der Waals surface area contributed by atoms with Gasteiger partial charge in [-0.2, -0.15) is 5.26 Å². The van der Waals surface area contributed by atoms with Gasteiger partial charge >= 0.3 is 0 Å². The average Bonchev–Trinajstić information content (AvgIpc) is 2.30. The third-order valence-electron chi connectivity index (χ3n) is 2.37. The van der Waals surface area contributed by atoms with Crippen molar-refractivity contribution < 1.29 is 13.5 Å². The van der Waals surface area contributed by atoms with Crippen LogP contribution in [0.4, 0.5) is 5.69 Å². The van der Waals surface area contributed by atoms with E-state index < -0.39 is 15.3 Å². The molecule has 1 aromatic rings. The minimum absolute atomic E-state index is 0.103. The zero-order valence-corrected chi connectivity index (χ0v) is 10.5. The number of hydrogen-bond acceptors (Lipinski definition) is 4. The van der Waals surface area contributed by atoms with Crippen molar-refractivity contribution in [2.45, 2.75) is 25.5 Å². The monoisotopic (exact) mass is 254 g/mol. The van der Waals surface area contributed by atoms with Crippen LogP contribution in [0.25, 0.3) is 0 Å². The maximum atomic E-state index is 11.6. The molecule has 0 aliphatic heterocycles. The van der Waals surface area contributed by atoms with Crippen LogP contribution in [0.2, 0.25) is 0 Å². The molecular formula is C11H14N2O3S. The van der Waals surface area contributed by atoms with Gasteiger partial charge < -0.3 is 5.11 Å². The highest BCUT2D eigenvalue weighted by Crippen LogP contribution is 2.26. The lowest BCUT2D eigenvalue weighted by atomic mass is 10.1. The quantitative estimate of drug-likeness (QED) is 0.799. The van der Waals surface area contributed by atoms with E-state index in [1.165, 1.54) is 13.0 Å². The molecule has 1 aromatic carbocycles. The summed E-state index contributed by atoms with van der Waals surface area (Å²) >= 11 is 0. The van der Waals surface area contributed by atoms with Gasteiger partial charge in [-0.3, -0.25) is 4.72 Å². The number of nitrogens with one attached hydrogen (secondary N) is 1. The van der Waals surface area contributed by atoms with Gasteiger partial charge in [0.1, 0.15) is 5.75 Å². The number of aryl methyl sites for hydroxylation is 1. The molecule has 0 radical (unpaired) electrons. The summed E-state index contributed by atoms with van der Waals surface area (Å²) in [7, 11) is -3.78. The Morgan fingerprint density at radius 3 is 2.71 bits per heavy atom. The molecule has 0 aromatic heterocycles. The smallest absolute Gasteiger partial charge is 0.248 e. The van der Waals surface area contributed by atoms with Crippen LogP contribution >= 0.6 is 0 Å². The summed E-state index contributed by atoms with van der Waals surface area (Å²) in [6, 6.07) is 6.33. The fourth-order valence-electron chi connectivity index (χ4n) is 1.20. The zero-order chi connectivity index (χ0) is 13.1. The maximum Gasteiger partial charge on any atom is 0.248 e. The Morgan fingerprint density at radius 1 is 1.53 bits per heavy atom. The number of phenolic OH excluding ortho intramolecular Hbond substituents is 1. The van der Waals surface area contributed by atoms with Crippen LogP contribution in [0.15, 0.2) is 18.2 Å². The van der Waals surface area contributed by atoms with Gasteiger partial charge in [0, 0.05) is 0 Å². The van der Waals surface area contributed by atoms with Gasteiger partial charge in [-0.05, 0) is 31.0 Å². The van der Waals surface area contributed by atoms with Crippen LogP contribution in [0.3, 0.4) is 0 Å². The van der Waals surface area contributed by atoms with E-state index in [9.17, 15) is 13.5 Å². The maximum absolute atomic E-state index is 11.6. The van der Waals surface area contributed by atoms with E-state index in [0.717, 1.165) is 12.0 Å². The number of phenols is 1. The molecule has 0 saturated heterocycles. The third-order valence-corrected chi connectivity index (χ3v) is 3.91. The number of nitrogens with zero attached hydrogens (tertiary/aromatic N) is 1. The number of aromatic hydroxyl groups is 1. The molecule has 5 nitrogen and oxygen atoms in total. The first-order chi connectivity index (χ1) is 7.90. The molecule has 6 heteroatoms. The zero-order valence-electron chi connectivity index (χ0n) is 9.64.